The summed E-state index contributed by atoms with van der Waals surface area (Å²) < 4.78 is 0. The van der Waals surface area contributed by atoms with E-state index in [4.69, 9.17) is 0 Å². The number of rotatable bonds is 5. The molecule has 7 heteroatoms. The number of hydrogen-bond donors (Lipinski definition) is 3. The summed E-state index contributed by atoms with van der Waals surface area (Å²) in [7, 11) is 0. The number of nitrogens with one attached hydrogen (secondary N) is 3. The van der Waals surface area contributed by atoms with Crippen molar-refractivity contribution in [2.24, 2.45) is 0 Å². The van der Waals surface area contributed by atoms with Crippen LogP contribution in [0.1, 0.15) is 55.5 Å². The Hall–Kier alpha value is -3.74. The number of H-pyrrole nitrogens is 1. The first-order chi connectivity index (χ1) is 14.8. The van der Waals surface area contributed by atoms with Crippen LogP contribution in [0.5, 0.6) is 0 Å². The molecule has 0 spiro atoms. The van der Waals surface area contributed by atoms with Crippen LogP contribution in [0.4, 0.5) is 11.5 Å². The van der Waals surface area contributed by atoms with Gasteiger partial charge in [0.15, 0.2) is 5.69 Å². The van der Waals surface area contributed by atoms with Crippen LogP contribution in [0, 0.1) is 0 Å². The van der Waals surface area contributed by atoms with Gasteiger partial charge in [0.2, 0.25) is 0 Å². The minimum Gasteiger partial charge on any atom is -0.363 e. The highest BCUT2D eigenvalue weighted by Crippen LogP contribution is 2.25. The highest BCUT2D eigenvalue weighted by atomic mass is 16.1. The van der Waals surface area contributed by atoms with Gasteiger partial charge in [-0.25, -0.2) is 9.97 Å². The zero-order valence-corrected chi connectivity index (χ0v) is 18.1. The molecular weight excluding hydrogens is 388 g/mol. The Morgan fingerprint density at radius 3 is 2.61 bits per heavy atom. The fourth-order valence-corrected chi connectivity index (χ4v) is 3.31. The van der Waals surface area contributed by atoms with Gasteiger partial charge in [0.05, 0.1) is 11.6 Å². The largest absolute Gasteiger partial charge is 0.363 e. The summed E-state index contributed by atoms with van der Waals surface area (Å²) in [5, 5.41) is 14.5. The van der Waals surface area contributed by atoms with Crippen LogP contribution < -0.4 is 10.6 Å². The lowest BCUT2D eigenvalue weighted by molar-refractivity contribution is 0.102. The van der Waals surface area contributed by atoms with Gasteiger partial charge in [-0.05, 0) is 42.8 Å². The number of aromatic nitrogens is 4. The monoisotopic (exact) mass is 414 g/mol. The molecule has 4 rings (SSSR count). The third kappa shape index (κ3) is 4.55. The van der Waals surface area contributed by atoms with Crippen LogP contribution in [0.25, 0.3) is 10.9 Å². The lowest BCUT2D eigenvalue weighted by Gasteiger charge is -2.17. The molecular formula is C24H26N6O. The van der Waals surface area contributed by atoms with Crippen molar-refractivity contribution in [1.29, 1.82) is 0 Å². The van der Waals surface area contributed by atoms with Gasteiger partial charge in [0.1, 0.15) is 12.1 Å². The van der Waals surface area contributed by atoms with Gasteiger partial charge in [-0.2, -0.15) is 5.10 Å². The molecule has 0 radical (unpaired) electrons. The average Bonchev–Trinajstić information content (AvgIpc) is 3.25. The molecule has 0 fully saturated rings. The van der Waals surface area contributed by atoms with Crippen LogP contribution in [0.2, 0.25) is 0 Å². The van der Waals surface area contributed by atoms with Gasteiger partial charge in [0, 0.05) is 22.2 Å². The molecule has 0 bridgehead atoms. The Morgan fingerprint density at radius 2 is 1.84 bits per heavy atom. The Morgan fingerprint density at radius 1 is 1.03 bits per heavy atom. The highest BCUT2D eigenvalue weighted by molar-refractivity contribution is 6.03. The Balaban J connectivity index is 1.50. The Bertz CT molecular complexity index is 1220. The topological polar surface area (TPSA) is 95.6 Å². The van der Waals surface area contributed by atoms with E-state index in [0.717, 1.165) is 28.0 Å². The van der Waals surface area contributed by atoms with E-state index in [9.17, 15) is 4.79 Å². The molecule has 2 aromatic carbocycles. The van der Waals surface area contributed by atoms with Gasteiger partial charge in [-0.1, -0.05) is 45.0 Å². The molecule has 2 heterocycles. The van der Waals surface area contributed by atoms with Gasteiger partial charge >= 0.3 is 0 Å². The number of anilines is 2. The van der Waals surface area contributed by atoms with Gasteiger partial charge < -0.3 is 10.6 Å². The van der Waals surface area contributed by atoms with Gasteiger partial charge in [-0.3, -0.25) is 9.89 Å². The number of nitrogens with zero attached hydrogens (tertiary/aromatic N) is 3. The number of benzene rings is 2. The normalized spacial score (nSPS) is 12.5. The third-order valence-corrected chi connectivity index (χ3v) is 5.16. The van der Waals surface area contributed by atoms with Crippen LogP contribution in [-0.2, 0) is 5.41 Å². The van der Waals surface area contributed by atoms with Crippen molar-refractivity contribution < 1.29 is 4.79 Å². The fraction of sp³-hybridized carbons (Fsp3) is 0.250. The standard InChI is InChI=1S/C24H26N6O/c1-15(27-22-18-10-5-6-11-19(18)25-14-26-22)16-8-7-9-17(12-16)28-23(31)20-13-21(30-29-20)24(2,3)4/h5-15H,1-4H3,(H,28,31)(H,29,30)(H,25,26,27). The van der Waals surface area contributed by atoms with Crippen molar-refractivity contribution in [1.82, 2.24) is 20.2 Å². The maximum Gasteiger partial charge on any atom is 0.276 e. The molecule has 0 aliphatic rings. The molecule has 31 heavy (non-hydrogen) atoms. The Labute approximate surface area is 181 Å². The van der Waals surface area contributed by atoms with Gasteiger partial charge in [-0.15, -0.1) is 0 Å². The van der Waals surface area contributed by atoms with Crippen LogP contribution >= 0.6 is 0 Å². The minimum absolute atomic E-state index is 0.0203. The Kier molecular flexibility index (Phi) is 5.42. The molecule has 0 aliphatic carbocycles. The van der Waals surface area contributed by atoms with Crippen LogP contribution in [-0.4, -0.2) is 26.1 Å². The smallest absolute Gasteiger partial charge is 0.276 e. The van der Waals surface area contributed by atoms with E-state index in [0.29, 0.717) is 11.4 Å². The molecule has 0 saturated carbocycles. The number of para-hydroxylation sites is 1. The quantitative estimate of drug-likeness (QED) is 0.423. The maximum absolute atomic E-state index is 12.6. The van der Waals surface area contributed by atoms with Crippen molar-refractivity contribution in [3.05, 3.63) is 77.9 Å². The van der Waals surface area contributed by atoms with E-state index < -0.39 is 0 Å². The van der Waals surface area contributed by atoms with Crippen LogP contribution in [0.3, 0.4) is 0 Å². The summed E-state index contributed by atoms with van der Waals surface area (Å²) in [6, 6.07) is 17.4. The lowest BCUT2D eigenvalue weighted by Crippen LogP contribution is -2.14. The van der Waals surface area contributed by atoms with Crippen molar-refractivity contribution >= 4 is 28.3 Å². The van der Waals surface area contributed by atoms with Crippen molar-refractivity contribution in [2.75, 3.05) is 10.6 Å². The second kappa shape index (κ2) is 8.18. The average molecular weight is 415 g/mol. The molecule has 7 nitrogen and oxygen atoms in total. The number of amides is 1. The molecule has 3 N–H and O–H groups in total. The summed E-state index contributed by atoms with van der Waals surface area (Å²) in [4.78, 5) is 21.4. The second-order valence-electron chi connectivity index (χ2n) is 8.60. The molecule has 1 unspecified atom stereocenters. The second-order valence-corrected chi connectivity index (χ2v) is 8.60. The maximum atomic E-state index is 12.6. The molecule has 1 amide bonds. The number of carbonyl (C=O) groups is 1. The fourth-order valence-electron chi connectivity index (χ4n) is 3.31. The van der Waals surface area contributed by atoms with E-state index in [-0.39, 0.29) is 17.4 Å². The number of aromatic amines is 1. The predicted molar refractivity (Wildman–Crippen MR) is 123 cm³/mol. The molecule has 2 aromatic heterocycles. The summed E-state index contributed by atoms with van der Waals surface area (Å²) in [5.74, 6) is 0.532. The zero-order valence-electron chi connectivity index (χ0n) is 18.1. The number of fused-ring (bicyclic) bond motifs is 1. The van der Waals surface area contributed by atoms with E-state index in [1.54, 1.807) is 12.4 Å². The zero-order chi connectivity index (χ0) is 22.0. The van der Waals surface area contributed by atoms with E-state index in [2.05, 4.69) is 58.5 Å². The number of carbonyl (C=O) groups excluding carboxylic acids is 1. The van der Waals surface area contributed by atoms with Crippen molar-refractivity contribution in [3.63, 3.8) is 0 Å². The summed E-state index contributed by atoms with van der Waals surface area (Å²) in [5.41, 5.74) is 3.82. The molecule has 0 saturated heterocycles. The highest BCUT2D eigenvalue weighted by Gasteiger charge is 2.19. The molecule has 158 valence electrons. The third-order valence-electron chi connectivity index (χ3n) is 5.16. The summed E-state index contributed by atoms with van der Waals surface area (Å²) >= 11 is 0. The first-order valence-electron chi connectivity index (χ1n) is 10.2. The van der Waals surface area contributed by atoms with Gasteiger partial charge in [0.25, 0.3) is 5.91 Å². The first kappa shape index (κ1) is 20.5. The predicted octanol–water partition coefficient (Wildman–Crippen LogP) is 5.08. The summed E-state index contributed by atoms with van der Waals surface area (Å²) in [6.07, 6.45) is 1.56. The summed E-state index contributed by atoms with van der Waals surface area (Å²) in [6.45, 7) is 8.27. The molecule has 1 atom stereocenters. The van der Waals surface area contributed by atoms with E-state index >= 15 is 0 Å². The molecule has 4 aromatic rings. The first-order valence-corrected chi connectivity index (χ1v) is 10.2. The van der Waals surface area contributed by atoms with E-state index in [1.165, 1.54) is 0 Å². The van der Waals surface area contributed by atoms with E-state index in [1.807, 2.05) is 48.5 Å². The SMILES string of the molecule is CC(Nc1ncnc2ccccc12)c1cccc(NC(=O)c2cc(C(C)(C)C)[nH]n2)c1. The number of hydrogen-bond acceptors (Lipinski definition) is 5. The van der Waals surface area contributed by atoms with Crippen LogP contribution in [0.15, 0.2) is 60.9 Å². The van der Waals surface area contributed by atoms with Crippen molar-refractivity contribution in [2.45, 2.75) is 39.2 Å². The lowest BCUT2D eigenvalue weighted by atomic mass is 9.92. The minimum atomic E-state index is -0.244. The van der Waals surface area contributed by atoms with Crippen molar-refractivity contribution in [3.8, 4) is 0 Å². The molecule has 0 aliphatic heterocycles.